The van der Waals surface area contributed by atoms with Crippen LogP contribution in [0.2, 0.25) is 0 Å². The second kappa shape index (κ2) is 9.73. The average Bonchev–Trinajstić information content (AvgIpc) is 2.46. The lowest BCUT2D eigenvalue weighted by atomic mass is 9.86. The van der Waals surface area contributed by atoms with Gasteiger partial charge in [0.25, 0.3) is 0 Å². The molecule has 0 saturated heterocycles. The van der Waals surface area contributed by atoms with Crippen molar-refractivity contribution in [3.63, 3.8) is 0 Å². The van der Waals surface area contributed by atoms with Crippen molar-refractivity contribution >= 4 is 17.9 Å². The van der Waals surface area contributed by atoms with Gasteiger partial charge in [-0.25, -0.2) is 9.59 Å². The molecule has 0 spiro atoms. The maximum Gasteiger partial charge on any atom is 0.337 e. The number of hydrogen-bond acceptors (Lipinski definition) is 7. The largest absolute Gasteiger partial charge is 0.481 e. The number of rotatable bonds is 10. The molecule has 0 aromatic carbocycles. The molecule has 0 aliphatic carbocycles. The molecular formula is C14H22N2O6. The fourth-order valence-electron chi connectivity index (χ4n) is 1.69. The van der Waals surface area contributed by atoms with Crippen LogP contribution in [-0.2, 0) is 23.9 Å². The smallest absolute Gasteiger partial charge is 0.337 e. The number of carboxylic acid groups (broad SMARTS) is 1. The monoisotopic (exact) mass is 314 g/mol. The number of carbonyl (C=O) groups excluding carboxylic acids is 2. The van der Waals surface area contributed by atoms with Gasteiger partial charge in [-0.1, -0.05) is 13.3 Å². The number of unbranched alkanes of at least 4 members (excludes halogenated alkanes) is 1. The molecule has 0 bridgehead atoms. The van der Waals surface area contributed by atoms with Crippen molar-refractivity contribution in [1.29, 1.82) is 5.26 Å². The Bertz CT molecular complexity index is 445. The predicted molar refractivity (Wildman–Crippen MR) is 75.4 cm³/mol. The summed E-state index contributed by atoms with van der Waals surface area (Å²) in [5.41, 5.74) is 3.57. The molecular weight excluding hydrogens is 292 g/mol. The van der Waals surface area contributed by atoms with Gasteiger partial charge in [-0.2, -0.15) is 5.26 Å². The van der Waals surface area contributed by atoms with E-state index >= 15 is 0 Å². The Hall–Kier alpha value is -2.14. The fourth-order valence-corrected chi connectivity index (χ4v) is 1.69. The minimum absolute atomic E-state index is 0.0178. The highest BCUT2D eigenvalue weighted by Crippen LogP contribution is 2.21. The summed E-state index contributed by atoms with van der Waals surface area (Å²) in [5, 5.41) is 17.7. The van der Waals surface area contributed by atoms with Crippen LogP contribution in [0.5, 0.6) is 0 Å². The summed E-state index contributed by atoms with van der Waals surface area (Å²) in [6.07, 6.45) is 0.428. The predicted octanol–water partition coefficient (Wildman–Crippen LogP) is 0.595. The zero-order valence-electron chi connectivity index (χ0n) is 12.8. The molecule has 0 heterocycles. The first-order valence-corrected chi connectivity index (χ1v) is 7.06. The lowest BCUT2D eigenvalue weighted by molar-refractivity contribution is -0.166. The van der Waals surface area contributed by atoms with E-state index in [9.17, 15) is 14.4 Å². The first-order chi connectivity index (χ1) is 10.3. The second-order valence-electron chi connectivity index (χ2n) is 4.78. The summed E-state index contributed by atoms with van der Waals surface area (Å²) in [5.74, 6) is -4.68. The van der Waals surface area contributed by atoms with Crippen molar-refractivity contribution in [3.8, 4) is 6.07 Å². The van der Waals surface area contributed by atoms with Gasteiger partial charge in [0.15, 0.2) is 0 Å². The van der Waals surface area contributed by atoms with Crippen molar-refractivity contribution in [1.82, 2.24) is 0 Å². The summed E-state index contributed by atoms with van der Waals surface area (Å²) in [6.45, 7) is 3.48. The van der Waals surface area contributed by atoms with E-state index in [-0.39, 0.29) is 19.6 Å². The summed E-state index contributed by atoms with van der Waals surface area (Å²) < 4.78 is 9.69. The average molecular weight is 314 g/mol. The lowest BCUT2D eigenvalue weighted by Crippen LogP contribution is -2.58. The fraction of sp³-hybridized carbons (Fsp3) is 0.714. The van der Waals surface area contributed by atoms with Gasteiger partial charge in [0.2, 0.25) is 5.54 Å². The van der Waals surface area contributed by atoms with Gasteiger partial charge < -0.3 is 20.3 Å². The van der Waals surface area contributed by atoms with Crippen LogP contribution in [0.1, 0.15) is 39.5 Å². The first kappa shape index (κ1) is 19.9. The van der Waals surface area contributed by atoms with E-state index in [1.807, 2.05) is 6.92 Å². The lowest BCUT2D eigenvalue weighted by Gasteiger charge is -2.26. The third-order valence-electron chi connectivity index (χ3n) is 2.99. The number of carbonyl (C=O) groups is 3. The van der Waals surface area contributed by atoms with E-state index in [4.69, 9.17) is 25.6 Å². The van der Waals surface area contributed by atoms with Crippen LogP contribution in [0.25, 0.3) is 0 Å². The highest BCUT2D eigenvalue weighted by molar-refractivity contribution is 6.05. The number of ether oxygens (including phenoxy) is 2. The van der Waals surface area contributed by atoms with Gasteiger partial charge in [0.1, 0.15) is 0 Å². The first-order valence-electron chi connectivity index (χ1n) is 7.06. The molecule has 124 valence electrons. The van der Waals surface area contributed by atoms with E-state index in [2.05, 4.69) is 0 Å². The van der Waals surface area contributed by atoms with E-state index in [1.165, 1.54) is 6.92 Å². The Kier molecular flexibility index (Phi) is 8.79. The highest BCUT2D eigenvalue weighted by Gasteiger charge is 2.48. The highest BCUT2D eigenvalue weighted by atomic mass is 16.6. The zero-order chi connectivity index (χ0) is 17.2. The SMILES string of the molecule is CCCCOC(=O)C(N)(CC(CC#N)C(=O)O)C(=O)OCC. The second-order valence-corrected chi connectivity index (χ2v) is 4.78. The number of nitriles is 1. The molecule has 0 radical (unpaired) electrons. The molecule has 8 nitrogen and oxygen atoms in total. The standard InChI is InChI=1S/C14H22N2O6/c1-3-5-8-22-13(20)14(16,12(19)21-4-2)9-10(6-7-15)11(17)18/h10H,3-6,8-9,16H2,1-2H3,(H,17,18). The van der Waals surface area contributed by atoms with Gasteiger partial charge in [0, 0.05) is 12.8 Å². The van der Waals surface area contributed by atoms with Crippen molar-refractivity contribution in [2.45, 2.75) is 45.1 Å². The molecule has 0 aliphatic heterocycles. The number of esters is 2. The molecule has 0 fully saturated rings. The van der Waals surface area contributed by atoms with Crippen LogP contribution in [0.4, 0.5) is 0 Å². The van der Waals surface area contributed by atoms with E-state index < -0.39 is 35.8 Å². The maximum atomic E-state index is 12.1. The normalized spacial score (nSPS) is 14.3. The zero-order valence-corrected chi connectivity index (χ0v) is 12.8. The number of aliphatic carboxylic acids is 1. The van der Waals surface area contributed by atoms with Crippen LogP contribution < -0.4 is 5.73 Å². The molecule has 2 atom stereocenters. The molecule has 0 amide bonds. The third kappa shape index (κ3) is 5.69. The van der Waals surface area contributed by atoms with Crippen molar-refractivity contribution < 1.29 is 29.0 Å². The molecule has 3 N–H and O–H groups in total. The number of carboxylic acids is 1. The quantitative estimate of drug-likeness (QED) is 0.339. The molecule has 0 aromatic rings. The van der Waals surface area contributed by atoms with E-state index in [1.54, 1.807) is 6.07 Å². The van der Waals surface area contributed by atoms with Gasteiger partial charge in [-0.05, 0) is 13.3 Å². The van der Waals surface area contributed by atoms with Crippen LogP contribution >= 0.6 is 0 Å². The molecule has 0 aliphatic rings. The number of nitrogens with two attached hydrogens (primary N) is 1. The van der Waals surface area contributed by atoms with Gasteiger partial charge in [-0.3, -0.25) is 4.79 Å². The number of hydrogen-bond donors (Lipinski definition) is 2. The Morgan fingerprint density at radius 2 is 1.86 bits per heavy atom. The molecule has 0 saturated carbocycles. The van der Waals surface area contributed by atoms with Gasteiger partial charge in [-0.15, -0.1) is 0 Å². The van der Waals surface area contributed by atoms with Crippen LogP contribution in [-0.4, -0.2) is 41.8 Å². The Morgan fingerprint density at radius 3 is 2.32 bits per heavy atom. The van der Waals surface area contributed by atoms with Gasteiger partial charge in [0.05, 0.1) is 25.2 Å². The van der Waals surface area contributed by atoms with Crippen LogP contribution in [0.15, 0.2) is 0 Å². The van der Waals surface area contributed by atoms with Crippen LogP contribution in [0.3, 0.4) is 0 Å². The summed E-state index contributed by atoms with van der Waals surface area (Å²) >= 11 is 0. The van der Waals surface area contributed by atoms with Crippen molar-refractivity contribution in [3.05, 3.63) is 0 Å². The Morgan fingerprint density at radius 1 is 1.27 bits per heavy atom. The molecule has 8 heteroatoms. The van der Waals surface area contributed by atoms with Gasteiger partial charge >= 0.3 is 17.9 Å². The van der Waals surface area contributed by atoms with Crippen molar-refractivity contribution in [2.24, 2.45) is 11.7 Å². The maximum absolute atomic E-state index is 12.1. The summed E-state index contributed by atoms with van der Waals surface area (Å²) in [6, 6.07) is 1.69. The van der Waals surface area contributed by atoms with Crippen molar-refractivity contribution in [2.75, 3.05) is 13.2 Å². The minimum Gasteiger partial charge on any atom is -0.481 e. The molecule has 0 rings (SSSR count). The third-order valence-corrected chi connectivity index (χ3v) is 2.99. The van der Waals surface area contributed by atoms with E-state index in [0.717, 1.165) is 6.42 Å². The topological polar surface area (TPSA) is 140 Å². The van der Waals surface area contributed by atoms with Crippen LogP contribution in [0, 0.1) is 17.2 Å². The summed E-state index contributed by atoms with van der Waals surface area (Å²) in [7, 11) is 0. The number of nitrogens with zero attached hydrogens (tertiary/aromatic N) is 1. The Labute approximate surface area is 129 Å². The Balaban J connectivity index is 5.23. The molecule has 0 aromatic heterocycles. The minimum atomic E-state index is -2.23. The molecule has 22 heavy (non-hydrogen) atoms. The van der Waals surface area contributed by atoms with E-state index in [0.29, 0.717) is 6.42 Å². The summed E-state index contributed by atoms with van der Waals surface area (Å²) in [4.78, 5) is 35.2. The molecule has 2 unspecified atom stereocenters.